The molecule has 1 aliphatic carbocycles. The zero-order valence-electron chi connectivity index (χ0n) is 8.82. The van der Waals surface area contributed by atoms with Crippen molar-refractivity contribution in [2.75, 3.05) is 6.54 Å². The standard InChI is InChI=1S/C11H17NO3/c13-10-5-1-8(2-6-11(14)15)7-12(10)9-3-4-9/h8-9H,1-7H2,(H,14,15). The third-order valence-corrected chi connectivity index (χ3v) is 3.30. The highest BCUT2D eigenvalue weighted by Crippen LogP contribution is 2.32. The van der Waals surface area contributed by atoms with Gasteiger partial charge in [-0.05, 0) is 31.6 Å². The lowest BCUT2D eigenvalue weighted by atomic mass is 9.93. The maximum absolute atomic E-state index is 11.6. The molecule has 2 aliphatic rings. The van der Waals surface area contributed by atoms with Gasteiger partial charge in [0.25, 0.3) is 0 Å². The zero-order valence-corrected chi connectivity index (χ0v) is 8.82. The first kappa shape index (κ1) is 10.5. The van der Waals surface area contributed by atoms with Crippen molar-refractivity contribution in [1.82, 2.24) is 4.90 Å². The Morgan fingerprint density at radius 1 is 1.40 bits per heavy atom. The van der Waals surface area contributed by atoms with Gasteiger partial charge in [-0.3, -0.25) is 9.59 Å². The van der Waals surface area contributed by atoms with E-state index in [1.54, 1.807) is 0 Å². The molecular weight excluding hydrogens is 194 g/mol. The van der Waals surface area contributed by atoms with Crippen LogP contribution in [0.25, 0.3) is 0 Å². The Morgan fingerprint density at radius 2 is 2.13 bits per heavy atom. The molecule has 0 aromatic carbocycles. The molecule has 1 amide bonds. The van der Waals surface area contributed by atoms with Gasteiger partial charge in [0.15, 0.2) is 0 Å². The number of likely N-dealkylation sites (tertiary alicyclic amines) is 1. The maximum atomic E-state index is 11.6. The summed E-state index contributed by atoms with van der Waals surface area (Å²) >= 11 is 0. The van der Waals surface area contributed by atoms with E-state index in [0.717, 1.165) is 25.8 Å². The van der Waals surface area contributed by atoms with Crippen LogP contribution in [-0.4, -0.2) is 34.5 Å². The molecular formula is C11H17NO3. The van der Waals surface area contributed by atoms with Gasteiger partial charge in [-0.1, -0.05) is 0 Å². The third-order valence-electron chi connectivity index (χ3n) is 3.30. The molecule has 1 atom stereocenters. The van der Waals surface area contributed by atoms with Gasteiger partial charge in [0.05, 0.1) is 0 Å². The molecule has 0 bridgehead atoms. The van der Waals surface area contributed by atoms with Crippen LogP contribution in [0.15, 0.2) is 0 Å². The molecule has 84 valence electrons. The lowest BCUT2D eigenvalue weighted by Crippen LogP contribution is -2.41. The fraction of sp³-hybridized carbons (Fsp3) is 0.818. The molecule has 1 heterocycles. The molecule has 4 nitrogen and oxygen atoms in total. The average Bonchev–Trinajstić information content (AvgIpc) is 3.00. The predicted molar refractivity (Wildman–Crippen MR) is 54.3 cm³/mol. The molecule has 2 rings (SSSR count). The van der Waals surface area contributed by atoms with Crippen molar-refractivity contribution in [1.29, 1.82) is 0 Å². The first-order valence-corrected chi connectivity index (χ1v) is 5.68. The van der Waals surface area contributed by atoms with Crippen LogP contribution in [0.3, 0.4) is 0 Å². The number of nitrogens with zero attached hydrogens (tertiary/aromatic N) is 1. The second-order valence-corrected chi connectivity index (χ2v) is 4.61. The molecule has 1 unspecified atom stereocenters. The minimum Gasteiger partial charge on any atom is -0.481 e. The second kappa shape index (κ2) is 4.21. The summed E-state index contributed by atoms with van der Waals surface area (Å²) in [5.74, 6) is -0.0617. The quantitative estimate of drug-likeness (QED) is 0.761. The number of carboxylic acids is 1. The van der Waals surface area contributed by atoms with E-state index in [1.807, 2.05) is 4.90 Å². The highest BCUT2D eigenvalue weighted by molar-refractivity contribution is 5.77. The molecule has 0 aromatic heterocycles. The Balaban J connectivity index is 1.82. The molecule has 1 aliphatic heterocycles. The molecule has 1 N–H and O–H groups in total. The summed E-state index contributed by atoms with van der Waals surface area (Å²) in [5.41, 5.74) is 0. The van der Waals surface area contributed by atoms with E-state index in [4.69, 9.17) is 5.11 Å². The number of hydrogen-bond acceptors (Lipinski definition) is 2. The van der Waals surface area contributed by atoms with E-state index in [2.05, 4.69) is 0 Å². The van der Waals surface area contributed by atoms with E-state index in [-0.39, 0.29) is 12.3 Å². The smallest absolute Gasteiger partial charge is 0.303 e. The van der Waals surface area contributed by atoms with Gasteiger partial charge in [0.1, 0.15) is 0 Å². The van der Waals surface area contributed by atoms with Crippen LogP contribution in [0.1, 0.15) is 38.5 Å². The van der Waals surface area contributed by atoms with Crippen LogP contribution in [0, 0.1) is 5.92 Å². The van der Waals surface area contributed by atoms with Gasteiger partial charge in [-0.2, -0.15) is 0 Å². The Morgan fingerprint density at radius 3 is 2.73 bits per heavy atom. The number of carbonyl (C=O) groups is 2. The number of rotatable bonds is 4. The predicted octanol–water partition coefficient (Wildman–Crippen LogP) is 1.25. The average molecular weight is 211 g/mol. The highest BCUT2D eigenvalue weighted by Gasteiger charge is 2.36. The number of carboxylic acid groups (broad SMARTS) is 1. The Kier molecular flexibility index (Phi) is 2.93. The van der Waals surface area contributed by atoms with Crippen molar-refractivity contribution >= 4 is 11.9 Å². The largest absolute Gasteiger partial charge is 0.481 e. The third kappa shape index (κ3) is 2.70. The molecule has 2 fully saturated rings. The fourth-order valence-corrected chi connectivity index (χ4v) is 2.24. The van der Waals surface area contributed by atoms with E-state index in [0.29, 0.717) is 24.8 Å². The Labute approximate surface area is 89.3 Å². The molecule has 0 radical (unpaired) electrons. The van der Waals surface area contributed by atoms with Crippen molar-refractivity contribution in [2.24, 2.45) is 5.92 Å². The molecule has 1 saturated heterocycles. The summed E-state index contributed by atoms with van der Waals surface area (Å²) in [6.45, 7) is 0.788. The van der Waals surface area contributed by atoms with Gasteiger partial charge in [0, 0.05) is 25.4 Å². The minimum absolute atomic E-state index is 0.233. The van der Waals surface area contributed by atoms with E-state index < -0.39 is 5.97 Å². The van der Waals surface area contributed by atoms with Crippen molar-refractivity contribution in [3.05, 3.63) is 0 Å². The minimum atomic E-state index is -0.732. The first-order valence-electron chi connectivity index (χ1n) is 5.68. The van der Waals surface area contributed by atoms with Gasteiger partial charge >= 0.3 is 5.97 Å². The SMILES string of the molecule is O=C(O)CCC1CCC(=O)N(C2CC2)C1. The number of carbonyl (C=O) groups excluding carboxylic acids is 1. The van der Waals surface area contributed by atoms with E-state index in [9.17, 15) is 9.59 Å². The van der Waals surface area contributed by atoms with Gasteiger partial charge in [0.2, 0.25) is 5.91 Å². The number of aliphatic carboxylic acids is 1. The Bertz CT molecular complexity index is 273. The van der Waals surface area contributed by atoms with Crippen LogP contribution in [0.4, 0.5) is 0 Å². The van der Waals surface area contributed by atoms with Crippen LogP contribution in [0.5, 0.6) is 0 Å². The van der Waals surface area contributed by atoms with Crippen molar-refractivity contribution < 1.29 is 14.7 Å². The summed E-state index contributed by atoms with van der Waals surface area (Å²) in [4.78, 5) is 24.0. The van der Waals surface area contributed by atoms with Crippen LogP contribution < -0.4 is 0 Å². The topological polar surface area (TPSA) is 57.6 Å². The van der Waals surface area contributed by atoms with Crippen LogP contribution >= 0.6 is 0 Å². The summed E-state index contributed by atoms with van der Waals surface area (Å²) in [6, 6.07) is 0.477. The fourth-order valence-electron chi connectivity index (χ4n) is 2.24. The van der Waals surface area contributed by atoms with E-state index >= 15 is 0 Å². The molecule has 15 heavy (non-hydrogen) atoms. The number of amides is 1. The van der Waals surface area contributed by atoms with Gasteiger partial charge in [-0.15, -0.1) is 0 Å². The summed E-state index contributed by atoms with van der Waals surface area (Å²) in [7, 11) is 0. The highest BCUT2D eigenvalue weighted by atomic mass is 16.4. The summed E-state index contributed by atoms with van der Waals surface area (Å²) in [6.07, 6.45) is 4.70. The van der Waals surface area contributed by atoms with Crippen molar-refractivity contribution in [3.8, 4) is 0 Å². The number of piperidine rings is 1. The van der Waals surface area contributed by atoms with Crippen molar-refractivity contribution in [3.63, 3.8) is 0 Å². The second-order valence-electron chi connectivity index (χ2n) is 4.61. The monoisotopic (exact) mass is 211 g/mol. The summed E-state index contributed by atoms with van der Waals surface area (Å²) in [5, 5.41) is 8.60. The lowest BCUT2D eigenvalue weighted by molar-refractivity contribution is -0.137. The van der Waals surface area contributed by atoms with E-state index in [1.165, 1.54) is 0 Å². The van der Waals surface area contributed by atoms with Crippen LogP contribution in [-0.2, 0) is 9.59 Å². The van der Waals surface area contributed by atoms with Crippen molar-refractivity contribution in [2.45, 2.75) is 44.6 Å². The molecule has 0 aromatic rings. The van der Waals surface area contributed by atoms with Gasteiger partial charge in [-0.25, -0.2) is 0 Å². The zero-order chi connectivity index (χ0) is 10.8. The first-order chi connectivity index (χ1) is 7.16. The number of hydrogen-bond donors (Lipinski definition) is 1. The Hall–Kier alpha value is -1.06. The summed E-state index contributed by atoms with van der Waals surface area (Å²) < 4.78 is 0. The molecule has 1 saturated carbocycles. The molecule has 4 heteroatoms. The normalized spacial score (nSPS) is 26.8. The lowest BCUT2D eigenvalue weighted by Gasteiger charge is -2.32. The molecule has 0 spiro atoms. The maximum Gasteiger partial charge on any atom is 0.303 e. The van der Waals surface area contributed by atoms with Crippen LogP contribution in [0.2, 0.25) is 0 Å². The van der Waals surface area contributed by atoms with Gasteiger partial charge < -0.3 is 10.0 Å².